The maximum absolute atomic E-state index is 11.9. The van der Waals surface area contributed by atoms with E-state index < -0.39 is 23.1 Å². The highest BCUT2D eigenvalue weighted by Crippen LogP contribution is 2.31. The summed E-state index contributed by atoms with van der Waals surface area (Å²) < 4.78 is 10.4. The fraction of sp³-hybridized carbons (Fsp3) is 0.357. The monoisotopic (exact) mass is 262 g/mol. The first-order valence-electron chi connectivity index (χ1n) is 5.96. The van der Waals surface area contributed by atoms with Gasteiger partial charge in [-0.1, -0.05) is 0 Å². The van der Waals surface area contributed by atoms with Crippen LogP contribution in [0, 0.1) is 0 Å². The van der Waals surface area contributed by atoms with Gasteiger partial charge in [-0.15, -0.1) is 0 Å². The van der Waals surface area contributed by atoms with E-state index >= 15 is 0 Å². The Morgan fingerprint density at radius 3 is 2.63 bits per heavy atom. The summed E-state index contributed by atoms with van der Waals surface area (Å²) >= 11 is 0. The molecule has 0 spiro atoms. The fourth-order valence-corrected chi connectivity index (χ4v) is 1.85. The molecule has 0 atom stereocenters. The second kappa shape index (κ2) is 4.50. The van der Waals surface area contributed by atoms with Crippen molar-refractivity contribution in [2.75, 3.05) is 6.61 Å². The number of esters is 1. The van der Waals surface area contributed by atoms with E-state index in [1.165, 1.54) is 32.0 Å². The molecule has 100 valence electrons. The molecule has 1 aromatic rings. The largest absolute Gasteiger partial charge is 0.479 e. The molecule has 0 saturated heterocycles. The molecule has 0 amide bonds. The van der Waals surface area contributed by atoms with Gasteiger partial charge in [-0.2, -0.15) is 0 Å². The summed E-state index contributed by atoms with van der Waals surface area (Å²) in [7, 11) is 0. The lowest BCUT2D eigenvalue weighted by molar-refractivity contribution is -0.128. The Balaban J connectivity index is 2.44. The normalized spacial score (nSPS) is 16.6. The molecule has 1 aliphatic heterocycles. The molecule has 0 unspecified atom stereocenters. The second-order valence-electron chi connectivity index (χ2n) is 4.70. The van der Waals surface area contributed by atoms with Crippen molar-refractivity contribution in [3.05, 3.63) is 29.3 Å². The van der Waals surface area contributed by atoms with Crippen LogP contribution in [0.1, 0.15) is 41.5 Å². The molecule has 0 N–H and O–H groups in total. The lowest BCUT2D eigenvalue weighted by Crippen LogP contribution is -2.46. The van der Waals surface area contributed by atoms with Gasteiger partial charge in [0.05, 0.1) is 17.7 Å². The number of Topliss-reactive ketones (excluding diaryl/α,β-unsaturated/α-hetero) is 2. The Morgan fingerprint density at radius 1 is 1.32 bits per heavy atom. The number of hydrogen-bond donors (Lipinski definition) is 0. The van der Waals surface area contributed by atoms with E-state index in [-0.39, 0.29) is 17.9 Å². The quantitative estimate of drug-likeness (QED) is 0.600. The SMILES string of the molecule is CCOC(=O)c1ccc2c(c1)OC(C)(C)C(=O)C2=O. The van der Waals surface area contributed by atoms with Crippen LogP contribution in [0.5, 0.6) is 5.75 Å². The predicted octanol–water partition coefficient (Wildman–Crippen LogP) is 1.79. The number of carbonyl (C=O) groups excluding carboxylic acids is 3. The highest BCUT2D eigenvalue weighted by atomic mass is 16.5. The third-order valence-corrected chi connectivity index (χ3v) is 2.86. The van der Waals surface area contributed by atoms with Gasteiger partial charge < -0.3 is 9.47 Å². The van der Waals surface area contributed by atoms with Crippen LogP contribution in [0.25, 0.3) is 0 Å². The van der Waals surface area contributed by atoms with Crippen molar-refractivity contribution in [1.29, 1.82) is 0 Å². The minimum Gasteiger partial charge on any atom is -0.479 e. The maximum Gasteiger partial charge on any atom is 0.338 e. The maximum atomic E-state index is 11.9. The number of hydrogen-bond acceptors (Lipinski definition) is 5. The molecule has 5 heteroatoms. The van der Waals surface area contributed by atoms with Gasteiger partial charge in [0.25, 0.3) is 0 Å². The van der Waals surface area contributed by atoms with E-state index in [0.29, 0.717) is 5.56 Å². The molecule has 1 aromatic carbocycles. The predicted molar refractivity (Wildman–Crippen MR) is 66.4 cm³/mol. The highest BCUT2D eigenvalue weighted by Gasteiger charge is 2.41. The number of fused-ring (bicyclic) bond motifs is 1. The van der Waals surface area contributed by atoms with Gasteiger partial charge in [0, 0.05) is 0 Å². The summed E-state index contributed by atoms with van der Waals surface area (Å²) in [5.41, 5.74) is -0.742. The van der Waals surface area contributed by atoms with Crippen LogP contribution >= 0.6 is 0 Å². The summed E-state index contributed by atoms with van der Waals surface area (Å²) in [6, 6.07) is 4.29. The van der Waals surface area contributed by atoms with Gasteiger partial charge in [0.1, 0.15) is 5.75 Å². The Labute approximate surface area is 110 Å². The van der Waals surface area contributed by atoms with Gasteiger partial charge in [-0.05, 0) is 39.0 Å². The zero-order valence-corrected chi connectivity index (χ0v) is 11.0. The van der Waals surface area contributed by atoms with E-state index in [0.717, 1.165) is 0 Å². The van der Waals surface area contributed by atoms with E-state index in [1.807, 2.05) is 0 Å². The molecule has 1 heterocycles. The third kappa shape index (κ3) is 2.23. The van der Waals surface area contributed by atoms with E-state index in [1.54, 1.807) is 6.92 Å². The smallest absolute Gasteiger partial charge is 0.338 e. The minimum atomic E-state index is -1.21. The van der Waals surface area contributed by atoms with Gasteiger partial charge in [-0.25, -0.2) is 4.79 Å². The molecule has 1 aliphatic rings. The minimum absolute atomic E-state index is 0.178. The lowest BCUT2D eigenvalue weighted by atomic mass is 9.91. The lowest BCUT2D eigenvalue weighted by Gasteiger charge is -2.29. The molecular formula is C14H14O5. The average Bonchev–Trinajstić information content (AvgIpc) is 2.35. The summed E-state index contributed by atoms with van der Waals surface area (Å²) in [6.45, 7) is 5.01. The molecule has 0 aromatic heterocycles. The summed E-state index contributed by atoms with van der Waals surface area (Å²) in [5.74, 6) is -1.44. The van der Waals surface area contributed by atoms with Crippen LogP contribution in [0.15, 0.2) is 18.2 Å². The molecule has 0 radical (unpaired) electrons. The standard InChI is InChI=1S/C14H14O5/c1-4-18-13(17)8-5-6-9-10(7-8)19-14(2,3)12(16)11(9)15/h5-7H,4H2,1-3H3. The van der Waals surface area contributed by atoms with E-state index in [9.17, 15) is 14.4 Å². The van der Waals surface area contributed by atoms with Crippen molar-refractivity contribution in [1.82, 2.24) is 0 Å². The Morgan fingerprint density at radius 2 is 2.00 bits per heavy atom. The zero-order chi connectivity index (χ0) is 14.2. The first kappa shape index (κ1) is 13.3. The van der Waals surface area contributed by atoms with Crippen molar-refractivity contribution in [2.24, 2.45) is 0 Å². The van der Waals surface area contributed by atoms with Gasteiger partial charge >= 0.3 is 5.97 Å². The zero-order valence-electron chi connectivity index (χ0n) is 11.0. The van der Waals surface area contributed by atoms with Crippen LogP contribution < -0.4 is 4.74 Å². The summed E-state index contributed by atoms with van der Waals surface area (Å²) in [6.07, 6.45) is 0. The average molecular weight is 262 g/mol. The number of rotatable bonds is 2. The highest BCUT2D eigenvalue weighted by molar-refractivity contribution is 6.47. The molecule has 0 saturated carbocycles. The molecule has 0 aliphatic carbocycles. The second-order valence-corrected chi connectivity index (χ2v) is 4.70. The fourth-order valence-electron chi connectivity index (χ4n) is 1.85. The molecular weight excluding hydrogens is 248 g/mol. The Hall–Kier alpha value is -2.17. The molecule has 0 fully saturated rings. The molecule has 0 bridgehead atoms. The molecule has 5 nitrogen and oxygen atoms in total. The van der Waals surface area contributed by atoms with Gasteiger partial charge in [0.15, 0.2) is 5.60 Å². The first-order valence-corrected chi connectivity index (χ1v) is 5.96. The number of ether oxygens (including phenoxy) is 2. The number of ketones is 2. The van der Waals surface area contributed by atoms with Crippen molar-refractivity contribution < 1.29 is 23.9 Å². The van der Waals surface area contributed by atoms with Crippen LogP contribution in [0.4, 0.5) is 0 Å². The third-order valence-electron chi connectivity index (χ3n) is 2.86. The Bertz CT molecular complexity index is 571. The van der Waals surface area contributed by atoms with E-state index in [2.05, 4.69) is 0 Å². The van der Waals surface area contributed by atoms with Crippen molar-refractivity contribution in [3.8, 4) is 5.75 Å². The van der Waals surface area contributed by atoms with Crippen molar-refractivity contribution >= 4 is 17.5 Å². The summed E-state index contributed by atoms with van der Waals surface area (Å²) in [5, 5.41) is 0. The Kier molecular flexibility index (Phi) is 3.14. The van der Waals surface area contributed by atoms with E-state index in [4.69, 9.17) is 9.47 Å². The topological polar surface area (TPSA) is 69.7 Å². The molecule has 2 rings (SSSR count). The van der Waals surface area contributed by atoms with Crippen molar-refractivity contribution in [3.63, 3.8) is 0 Å². The van der Waals surface area contributed by atoms with Gasteiger partial charge in [0.2, 0.25) is 11.6 Å². The molecule has 19 heavy (non-hydrogen) atoms. The van der Waals surface area contributed by atoms with Crippen LogP contribution in [-0.4, -0.2) is 29.7 Å². The first-order chi connectivity index (χ1) is 8.86. The van der Waals surface area contributed by atoms with Crippen LogP contribution in [0.3, 0.4) is 0 Å². The summed E-state index contributed by atoms with van der Waals surface area (Å²) in [4.78, 5) is 35.3. The number of benzene rings is 1. The van der Waals surface area contributed by atoms with Crippen LogP contribution in [-0.2, 0) is 9.53 Å². The van der Waals surface area contributed by atoms with Gasteiger partial charge in [-0.3, -0.25) is 9.59 Å². The van der Waals surface area contributed by atoms with Crippen LogP contribution in [0.2, 0.25) is 0 Å². The van der Waals surface area contributed by atoms with Crippen molar-refractivity contribution in [2.45, 2.75) is 26.4 Å². The number of carbonyl (C=O) groups is 3.